The van der Waals surface area contributed by atoms with E-state index in [9.17, 15) is 33.2 Å². The zero-order valence-electron chi connectivity index (χ0n) is 81.3. The number of esters is 6. The minimum atomic E-state index is -0.311. The van der Waals surface area contributed by atoms with Crippen LogP contribution in [0.2, 0.25) is 20.1 Å². The van der Waals surface area contributed by atoms with Gasteiger partial charge < -0.3 is 28.4 Å². The van der Waals surface area contributed by atoms with Crippen LogP contribution in [0.1, 0.15) is 354 Å². The van der Waals surface area contributed by atoms with Crippen LogP contribution in [-0.2, 0) is 57.2 Å². The van der Waals surface area contributed by atoms with Crippen LogP contribution in [0, 0.1) is 38.3 Å². The highest BCUT2D eigenvalue weighted by atomic mass is 79.9. The first kappa shape index (κ1) is 126. The van der Waals surface area contributed by atoms with Gasteiger partial charge in [0.25, 0.3) is 0 Å². The number of methoxy groups -OCH3 is 6. The highest BCUT2D eigenvalue weighted by molar-refractivity contribution is 9.10. The minimum absolute atomic E-state index is 0.134. The number of rotatable bonds is 24. The maximum Gasteiger partial charge on any atom is 0.311 e. The Labute approximate surface area is 773 Å². The van der Waals surface area contributed by atoms with Crippen molar-refractivity contribution in [2.45, 2.75) is 320 Å². The maximum atomic E-state index is 12.5. The van der Waals surface area contributed by atoms with Crippen molar-refractivity contribution in [3.8, 4) is 0 Å². The van der Waals surface area contributed by atoms with Crippen LogP contribution in [0.4, 0.5) is 4.39 Å². The van der Waals surface area contributed by atoms with Crippen LogP contribution in [0.3, 0.4) is 0 Å². The Morgan fingerprint density at radius 3 is 0.826 bits per heavy atom. The summed E-state index contributed by atoms with van der Waals surface area (Å²) >= 11 is 30.9. The normalized spacial score (nSPS) is 12.2. The molecule has 0 aliphatic rings. The van der Waals surface area contributed by atoms with Gasteiger partial charge in [0.1, 0.15) is 5.82 Å². The second-order valence-electron chi connectivity index (χ2n) is 33.6. The number of ether oxygens (including phenoxy) is 6. The molecule has 19 heteroatoms. The first-order valence-corrected chi connectivity index (χ1v) is 45.9. The second-order valence-corrected chi connectivity index (χ2v) is 37.0. The van der Waals surface area contributed by atoms with E-state index in [2.05, 4.69) is 204 Å². The van der Waals surface area contributed by atoms with Crippen molar-refractivity contribution in [1.29, 1.82) is 0 Å². The van der Waals surface area contributed by atoms with E-state index in [1.807, 2.05) is 191 Å². The molecule has 0 bridgehead atoms. The van der Waals surface area contributed by atoms with Gasteiger partial charge in [-0.3, -0.25) is 28.8 Å². The van der Waals surface area contributed by atoms with Gasteiger partial charge in [-0.15, -0.1) is 0 Å². The van der Waals surface area contributed by atoms with Crippen molar-refractivity contribution in [3.63, 3.8) is 0 Å². The molecule has 690 valence electrons. The molecule has 0 aliphatic carbocycles. The van der Waals surface area contributed by atoms with Gasteiger partial charge in [0.05, 0.1) is 75.1 Å². The highest BCUT2D eigenvalue weighted by Gasteiger charge is 2.30. The summed E-state index contributed by atoms with van der Waals surface area (Å²) in [6.45, 7) is 60.5. The molecule has 0 aliphatic heterocycles. The summed E-state index contributed by atoms with van der Waals surface area (Å²) in [6, 6.07) is 45.4. The third-order valence-electron chi connectivity index (χ3n) is 22.0. The molecule has 6 atom stereocenters. The quantitative estimate of drug-likeness (QED) is 0.0418. The van der Waals surface area contributed by atoms with Crippen molar-refractivity contribution in [3.05, 3.63) is 208 Å². The summed E-state index contributed by atoms with van der Waals surface area (Å²) < 4.78 is 42.3. The predicted octanol–water partition coefficient (Wildman–Crippen LogP) is 33.1. The Hall–Kier alpha value is -5.81. The lowest BCUT2D eigenvalue weighted by atomic mass is 9.91. The summed E-state index contributed by atoms with van der Waals surface area (Å²) in [4.78, 5) is 65.1. The number of carbonyl (C=O) groups excluding carboxylic acids is 6. The molecule has 0 saturated carbocycles. The predicted molar refractivity (Wildman–Crippen MR) is 523 cm³/mol. The largest absolute Gasteiger partial charge is 0.469 e. The number of halogens is 7. The van der Waals surface area contributed by atoms with Crippen molar-refractivity contribution >= 4 is 114 Å². The summed E-state index contributed by atoms with van der Waals surface area (Å²) in [7, 11) is 8.50. The zero-order chi connectivity index (χ0) is 95.4. The Bertz CT molecular complexity index is 3420. The lowest BCUT2D eigenvalue weighted by molar-refractivity contribution is -0.151. The Morgan fingerprint density at radius 1 is 0.306 bits per heavy atom. The lowest BCUT2D eigenvalue weighted by Crippen LogP contribution is -2.24. The molecule has 6 unspecified atom stereocenters. The van der Waals surface area contributed by atoms with E-state index in [4.69, 9.17) is 46.4 Å². The summed E-state index contributed by atoms with van der Waals surface area (Å²) in [5.74, 6) is 2.54. The topological polar surface area (TPSA) is 158 Å². The number of benzene rings is 6. The van der Waals surface area contributed by atoms with Gasteiger partial charge in [0.15, 0.2) is 0 Å². The molecule has 0 saturated heterocycles. The Morgan fingerprint density at radius 2 is 0.562 bits per heavy atom. The minimum Gasteiger partial charge on any atom is -0.469 e. The van der Waals surface area contributed by atoms with Crippen LogP contribution >= 0.6 is 78.3 Å². The molecule has 0 spiro atoms. The van der Waals surface area contributed by atoms with Crippen LogP contribution < -0.4 is 0 Å². The fraction of sp³-hybridized carbons (Fsp3) is 0.588. The van der Waals surface area contributed by atoms with Crippen LogP contribution in [0.5, 0.6) is 0 Å². The van der Waals surface area contributed by atoms with E-state index >= 15 is 0 Å². The SMILES string of the molecule is CCC(C)(C)C(=O)OC.CCC(C)(C)C(=O)OC.CCC(C)(C)C(=O)OC.CCC(C)(C)C(=O)OC.CCC(C)(C)C(=O)OC.CCC(C)(C)C(=O)OC.CCC(C)c1c(Cl)cccc1Cl.CCC(C)c1ccc(F)cc1.CCC(C)c1cccc(Br)c1.CCC(C)c1cccc(Cl)c1.CCC(C)c1ccccc1Br.CCC(C)c1ccccc1Cl. The fourth-order valence-corrected chi connectivity index (χ4v) is 11.4. The molecule has 6 aromatic rings. The molecule has 6 rings (SSSR count). The van der Waals surface area contributed by atoms with Crippen molar-refractivity contribution in [1.82, 2.24) is 0 Å². The first-order chi connectivity index (χ1) is 56.1. The molecule has 6 aromatic carbocycles. The average molecular weight is 1900 g/mol. The third-order valence-corrected chi connectivity index (χ3v) is 24.5. The number of carbonyl (C=O) groups is 6. The van der Waals surface area contributed by atoms with E-state index in [0.717, 1.165) is 83.4 Å². The smallest absolute Gasteiger partial charge is 0.311 e. The van der Waals surface area contributed by atoms with E-state index in [0.29, 0.717) is 35.5 Å². The van der Waals surface area contributed by atoms with Crippen LogP contribution in [-0.4, -0.2) is 78.5 Å². The molecular formula is C102H161Br2Cl4FO12. The van der Waals surface area contributed by atoms with Crippen LogP contribution in [0.25, 0.3) is 0 Å². The standard InChI is InChI=1S/2C10H13Br.C10H12Cl2.2C10H13Cl.C10H13F.6C7H14O2/c1-3-8(2)9-5-4-6-10(11)7-9;1-3-8(2)9-6-4-5-7-10(9)11;1-3-7(2)10-8(11)5-4-6-9(10)12;1-3-8(2)9-5-4-6-10(11)7-9;1-3-8(2)9-6-4-5-7-10(9)11;1-3-8(2)9-4-6-10(11)7-5-9;6*1-5-7(2,3)6(8)9-4/h2*4-8H,3H2,1-2H3;4-7H,3H2,1-2H3;3*4-8H,3H2,1-2H3;6*5H2,1-4H3. The summed E-state index contributed by atoms with van der Waals surface area (Å²) in [6.07, 6.45) is 11.8. The third kappa shape index (κ3) is 54.6. The average Bonchev–Trinajstić information content (AvgIpc) is 0.949. The van der Waals surface area contributed by atoms with Gasteiger partial charge in [-0.1, -0.05) is 282 Å². The van der Waals surface area contributed by atoms with Crippen molar-refractivity contribution in [2.75, 3.05) is 42.7 Å². The van der Waals surface area contributed by atoms with Crippen molar-refractivity contribution < 1.29 is 61.6 Å². The molecule has 121 heavy (non-hydrogen) atoms. The molecule has 0 heterocycles. The molecular weight excluding hydrogens is 1740 g/mol. The number of hydrogen-bond donors (Lipinski definition) is 0. The number of hydrogen-bond acceptors (Lipinski definition) is 12. The van der Waals surface area contributed by atoms with Gasteiger partial charge in [-0.2, -0.15) is 0 Å². The maximum absolute atomic E-state index is 12.5. The molecule has 0 radical (unpaired) electrons. The van der Waals surface area contributed by atoms with E-state index in [1.165, 1.54) is 111 Å². The molecule has 0 amide bonds. The summed E-state index contributed by atoms with van der Waals surface area (Å²) in [5.41, 5.74) is 5.85. The molecule has 0 aromatic heterocycles. The van der Waals surface area contributed by atoms with Gasteiger partial charge in [0, 0.05) is 29.0 Å². The van der Waals surface area contributed by atoms with Gasteiger partial charge in [-0.05, 0) is 290 Å². The van der Waals surface area contributed by atoms with E-state index < -0.39 is 0 Å². The van der Waals surface area contributed by atoms with Gasteiger partial charge >= 0.3 is 35.8 Å². The molecule has 0 fully saturated rings. The monoisotopic (exact) mass is 1890 g/mol. The Kier molecular flexibility index (Phi) is 71.3. The fourth-order valence-electron chi connectivity index (χ4n) is 9.02. The summed E-state index contributed by atoms with van der Waals surface area (Å²) in [5, 5.41) is 3.28. The highest BCUT2D eigenvalue weighted by Crippen LogP contribution is 2.34. The zero-order valence-corrected chi connectivity index (χ0v) is 87.5. The lowest BCUT2D eigenvalue weighted by Gasteiger charge is -2.17. The first-order valence-electron chi connectivity index (χ1n) is 42.8. The van der Waals surface area contributed by atoms with Crippen molar-refractivity contribution in [2.24, 2.45) is 32.5 Å². The van der Waals surface area contributed by atoms with Crippen LogP contribution in [0.15, 0.2) is 148 Å². The molecule has 0 N–H and O–H groups in total. The second kappa shape index (κ2) is 68.5. The van der Waals surface area contributed by atoms with Gasteiger partial charge in [0.2, 0.25) is 0 Å². The Balaban J connectivity index is -0.000000299. The van der Waals surface area contributed by atoms with E-state index in [-0.39, 0.29) is 74.1 Å². The molecule has 12 nitrogen and oxygen atoms in total. The van der Waals surface area contributed by atoms with E-state index in [1.54, 1.807) is 0 Å². The van der Waals surface area contributed by atoms with Gasteiger partial charge in [-0.25, -0.2) is 4.39 Å².